The second kappa shape index (κ2) is 5.87. The van der Waals surface area contributed by atoms with E-state index in [1.807, 2.05) is 38.1 Å². The summed E-state index contributed by atoms with van der Waals surface area (Å²) in [6.45, 7) is 5.43. The summed E-state index contributed by atoms with van der Waals surface area (Å²) in [7, 11) is 1.66. The van der Waals surface area contributed by atoms with Crippen molar-refractivity contribution in [2.75, 3.05) is 20.3 Å². The zero-order chi connectivity index (χ0) is 12.0. The van der Waals surface area contributed by atoms with Gasteiger partial charge in [0.15, 0.2) is 0 Å². The van der Waals surface area contributed by atoms with Gasteiger partial charge in [-0.05, 0) is 38.0 Å². The summed E-state index contributed by atoms with van der Waals surface area (Å²) in [5, 5.41) is 0. The molecule has 1 atom stereocenters. The molecule has 0 aliphatic carbocycles. The fraction of sp³-hybridized carbons (Fsp3) is 0.538. The molecule has 1 aromatic carbocycles. The van der Waals surface area contributed by atoms with Crippen LogP contribution in [0, 0.1) is 0 Å². The van der Waals surface area contributed by atoms with Crippen molar-refractivity contribution >= 4 is 0 Å². The molecular weight excluding hydrogens is 202 g/mol. The highest BCUT2D eigenvalue weighted by atomic mass is 16.5. The Balaban J connectivity index is 2.65. The van der Waals surface area contributed by atoms with E-state index < -0.39 is 0 Å². The standard InChI is InChI=1S/C13H21NO2/c1-4-16-10-9-13(2,14)11-5-7-12(15-3)8-6-11/h5-8H,4,9-10,14H2,1-3H3. The zero-order valence-electron chi connectivity index (χ0n) is 10.3. The van der Waals surface area contributed by atoms with E-state index in [1.165, 1.54) is 0 Å². The minimum Gasteiger partial charge on any atom is -0.497 e. The quantitative estimate of drug-likeness (QED) is 0.753. The molecule has 0 heterocycles. The van der Waals surface area contributed by atoms with Gasteiger partial charge in [0.25, 0.3) is 0 Å². The Labute approximate surface area is 97.6 Å². The number of methoxy groups -OCH3 is 1. The van der Waals surface area contributed by atoms with Crippen molar-refractivity contribution in [3.05, 3.63) is 29.8 Å². The lowest BCUT2D eigenvalue weighted by molar-refractivity contribution is 0.128. The van der Waals surface area contributed by atoms with Crippen LogP contribution in [0.2, 0.25) is 0 Å². The zero-order valence-corrected chi connectivity index (χ0v) is 10.3. The van der Waals surface area contributed by atoms with Crippen molar-refractivity contribution in [2.24, 2.45) is 5.73 Å². The van der Waals surface area contributed by atoms with Gasteiger partial charge < -0.3 is 15.2 Å². The monoisotopic (exact) mass is 223 g/mol. The molecule has 0 radical (unpaired) electrons. The van der Waals surface area contributed by atoms with Gasteiger partial charge in [0, 0.05) is 18.8 Å². The maximum atomic E-state index is 6.25. The average Bonchev–Trinajstić information content (AvgIpc) is 2.29. The molecule has 0 aromatic heterocycles. The third-order valence-electron chi connectivity index (χ3n) is 2.72. The molecular formula is C13H21NO2. The van der Waals surface area contributed by atoms with Gasteiger partial charge >= 0.3 is 0 Å². The molecule has 3 heteroatoms. The molecule has 0 saturated carbocycles. The topological polar surface area (TPSA) is 44.5 Å². The van der Waals surface area contributed by atoms with Crippen molar-refractivity contribution in [1.29, 1.82) is 0 Å². The molecule has 0 aliphatic heterocycles. The molecule has 0 amide bonds. The highest BCUT2D eigenvalue weighted by Gasteiger charge is 2.20. The van der Waals surface area contributed by atoms with E-state index in [1.54, 1.807) is 7.11 Å². The first-order valence-corrected chi connectivity index (χ1v) is 5.61. The average molecular weight is 223 g/mol. The summed E-state index contributed by atoms with van der Waals surface area (Å²) in [5.41, 5.74) is 7.01. The fourth-order valence-corrected chi connectivity index (χ4v) is 1.54. The maximum absolute atomic E-state index is 6.25. The summed E-state index contributed by atoms with van der Waals surface area (Å²) in [6.07, 6.45) is 0.813. The smallest absolute Gasteiger partial charge is 0.118 e. The second-order valence-electron chi connectivity index (χ2n) is 4.09. The number of hydrogen-bond acceptors (Lipinski definition) is 3. The number of nitrogens with two attached hydrogens (primary N) is 1. The van der Waals surface area contributed by atoms with Gasteiger partial charge in [-0.2, -0.15) is 0 Å². The molecule has 1 aromatic rings. The van der Waals surface area contributed by atoms with Crippen molar-refractivity contribution < 1.29 is 9.47 Å². The third-order valence-corrected chi connectivity index (χ3v) is 2.72. The molecule has 16 heavy (non-hydrogen) atoms. The first-order valence-electron chi connectivity index (χ1n) is 5.61. The predicted octanol–water partition coefficient (Wildman–Crippen LogP) is 2.30. The van der Waals surface area contributed by atoms with Crippen molar-refractivity contribution in [3.63, 3.8) is 0 Å². The minimum atomic E-state index is -0.346. The molecule has 1 rings (SSSR count). The predicted molar refractivity (Wildman–Crippen MR) is 65.6 cm³/mol. The van der Waals surface area contributed by atoms with E-state index in [-0.39, 0.29) is 5.54 Å². The Morgan fingerprint density at radius 3 is 2.38 bits per heavy atom. The second-order valence-corrected chi connectivity index (χ2v) is 4.09. The molecule has 0 saturated heterocycles. The molecule has 2 N–H and O–H groups in total. The number of rotatable bonds is 6. The molecule has 0 fully saturated rings. The van der Waals surface area contributed by atoms with Crippen LogP contribution < -0.4 is 10.5 Å². The minimum absolute atomic E-state index is 0.346. The molecule has 0 spiro atoms. The SMILES string of the molecule is CCOCCC(C)(N)c1ccc(OC)cc1. The van der Waals surface area contributed by atoms with Crippen LogP contribution in [0.4, 0.5) is 0 Å². The summed E-state index contributed by atoms with van der Waals surface area (Å²) < 4.78 is 10.4. The molecule has 1 unspecified atom stereocenters. The first kappa shape index (κ1) is 13.0. The lowest BCUT2D eigenvalue weighted by Gasteiger charge is -2.25. The molecule has 90 valence electrons. The summed E-state index contributed by atoms with van der Waals surface area (Å²) in [6, 6.07) is 7.87. The van der Waals surface area contributed by atoms with Gasteiger partial charge in [-0.15, -0.1) is 0 Å². The third kappa shape index (κ3) is 3.51. The van der Waals surface area contributed by atoms with Gasteiger partial charge in [-0.3, -0.25) is 0 Å². The van der Waals surface area contributed by atoms with Crippen LogP contribution in [-0.4, -0.2) is 20.3 Å². The Morgan fingerprint density at radius 1 is 1.25 bits per heavy atom. The van der Waals surface area contributed by atoms with Crippen LogP contribution in [0.1, 0.15) is 25.8 Å². The lowest BCUT2D eigenvalue weighted by atomic mass is 9.90. The Kier molecular flexibility index (Phi) is 4.77. The lowest BCUT2D eigenvalue weighted by Crippen LogP contribution is -2.34. The van der Waals surface area contributed by atoms with E-state index in [9.17, 15) is 0 Å². The first-order chi connectivity index (χ1) is 7.60. The number of ether oxygens (including phenoxy) is 2. The fourth-order valence-electron chi connectivity index (χ4n) is 1.54. The highest BCUT2D eigenvalue weighted by Crippen LogP contribution is 2.23. The number of hydrogen-bond donors (Lipinski definition) is 1. The molecule has 0 aliphatic rings. The van der Waals surface area contributed by atoms with Crippen molar-refractivity contribution in [2.45, 2.75) is 25.8 Å². The summed E-state index contributed by atoms with van der Waals surface area (Å²) >= 11 is 0. The van der Waals surface area contributed by atoms with E-state index >= 15 is 0 Å². The van der Waals surface area contributed by atoms with Crippen LogP contribution in [0.25, 0.3) is 0 Å². The van der Waals surface area contributed by atoms with Crippen molar-refractivity contribution in [3.8, 4) is 5.75 Å². The van der Waals surface area contributed by atoms with Crippen molar-refractivity contribution in [1.82, 2.24) is 0 Å². The normalized spacial score (nSPS) is 14.5. The van der Waals surface area contributed by atoms with Gasteiger partial charge in [-0.1, -0.05) is 12.1 Å². The largest absolute Gasteiger partial charge is 0.497 e. The highest BCUT2D eigenvalue weighted by molar-refractivity contribution is 5.31. The van der Waals surface area contributed by atoms with Crippen LogP contribution in [-0.2, 0) is 10.3 Å². The van der Waals surface area contributed by atoms with E-state index in [2.05, 4.69) is 0 Å². The van der Waals surface area contributed by atoms with Gasteiger partial charge in [0.05, 0.1) is 7.11 Å². The maximum Gasteiger partial charge on any atom is 0.118 e. The van der Waals surface area contributed by atoms with Crippen LogP contribution in [0.5, 0.6) is 5.75 Å². The summed E-state index contributed by atoms with van der Waals surface area (Å²) in [5.74, 6) is 0.851. The van der Waals surface area contributed by atoms with E-state index in [0.29, 0.717) is 6.61 Å². The summed E-state index contributed by atoms with van der Waals surface area (Å²) in [4.78, 5) is 0. The van der Waals surface area contributed by atoms with Gasteiger partial charge in [0.2, 0.25) is 0 Å². The Morgan fingerprint density at radius 2 is 1.88 bits per heavy atom. The van der Waals surface area contributed by atoms with Crippen LogP contribution >= 0.6 is 0 Å². The molecule has 0 bridgehead atoms. The molecule has 3 nitrogen and oxygen atoms in total. The number of benzene rings is 1. The van der Waals surface area contributed by atoms with E-state index in [0.717, 1.165) is 24.3 Å². The van der Waals surface area contributed by atoms with Gasteiger partial charge in [-0.25, -0.2) is 0 Å². The Hall–Kier alpha value is -1.06. The van der Waals surface area contributed by atoms with Crippen LogP contribution in [0.3, 0.4) is 0 Å². The van der Waals surface area contributed by atoms with Crippen LogP contribution in [0.15, 0.2) is 24.3 Å². The van der Waals surface area contributed by atoms with E-state index in [4.69, 9.17) is 15.2 Å². The Bertz CT molecular complexity index is 306. The van der Waals surface area contributed by atoms with Gasteiger partial charge in [0.1, 0.15) is 5.75 Å².